The second-order valence-electron chi connectivity index (χ2n) is 3.20. The molecule has 0 saturated heterocycles. The fourth-order valence-corrected chi connectivity index (χ4v) is 1.75. The van der Waals surface area contributed by atoms with E-state index in [0.29, 0.717) is 12.2 Å². The highest BCUT2D eigenvalue weighted by Crippen LogP contribution is 2.24. The number of hydrogen-bond acceptors (Lipinski definition) is 3. The summed E-state index contributed by atoms with van der Waals surface area (Å²) >= 11 is 1.77. The molecule has 0 heterocycles. The first kappa shape index (κ1) is 14.0. The molecule has 1 aromatic carbocycles. The van der Waals surface area contributed by atoms with Crippen molar-refractivity contribution in [3.05, 3.63) is 24.3 Å². The van der Waals surface area contributed by atoms with E-state index in [4.69, 9.17) is 0 Å². The Morgan fingerprint density at radius 1 is 1.35 bits per heavy atom. The van der Waals surface area contributed by atoms with Crippen LogP contribution in [0.1, 0.15) is 6.92 Å². The zero-order valence-corrected chi connectivity index (χ0v) is 10.2. The van der Waals surface area contributed by atoms with Crippen LogP contribution in [0.5, 0.6) is 5.75 Å². The van der Waals surface area contributed by atoms with Gasteiger partial charge in [-0.2, -0.15) is 11.8 Å². The summed E-state index contributed by atoms with van der Waals surface area (Å²) in [4.78, 5) is 0. The van der Waals surface area contributed by atoms with Gasteiger partial charge in [0.1, 0.15) is 5.75 Å². The Kier molecular flexibility index (Phi) is 5.47. The van der Waals surface area contributed by atoms with Gasteiger partial charge in [-0.15, -0.1) is 13.2 Å². The van der Waals surface area contributed by atoms with Crippen LogP contribution in [0.2, 0.25) is 0 Å². The zero-order valence-electron chi connectivity index (χ0n) is 9.38. The molecule has 17 heavy (non-hydrogen) atoms. The van der Waals surface area contributed by atoms with Gasteiger partial charge < -0.3 is 10.1 Å². The highest BCUT2D eigenvalue weighted by atomic mass is 32.2. The van der Waals surface area contributed by atoms with Crippen LogP contribution >= 0.6 is 11.8 Å². The summed E-state index contributed by atoms with van der Waals surface area (Å²) in [6.07, 6.45) is -4.64. The van der Waals surface area contributed by atoms with Gasteiger partial charge in [0.05, 0.1) is 0 Å². The fraction of sp³-hybridized carbons (Fsp3) is 0.455. The van der Waals surface area contributed by atoms with Crippen molar-refractivity contribution >= 4 is 17.4 Å². The molecular formula is C11H14F3NOS. The zero-order chi connectivity index (χ0) is 12.7. The summed E-state index contributed by atoms with van der Waals surface area (Å²) in [6, 6.07) is 5.85. The van der Waals surface area contributed by atoms with Crippen molar-refractivity contribution in [1.82, 2.24) is 0 Å². The summed E-state index contributed by atoms with van der Waals surface area (Å²) in [5.41, 5.74) is 0.628. The van der Waals surface area contributed by atoms with Crippen molar-refractivity contribution in [3.63, 3.8) is 0 Å². The molecule has 0 aliphatic carbocycles. The standard InChI is InChI=1S/C11H14F3NOS/c1-2-17-7-6-15-9-4-3-5-10(8-9)16-11(12,13)14/h3-5,8,15H,2,6-7H2,1H3. The minimum atomic E-state index is -4.64. The molecule has 0 unspecified atom stereocenters. The number of alkyl halides is 3. The quantitative estimate of drug-likeness (QED) is 0.791. The normalized spacial score (nSPS) is 11.3. The topological polar surface area (TPSA) is 21.3 Å². The molecule has 0 atom stereocenters. The van der Waals surface area contributed by atoms with Gasteiger partial charge in [0.2, 0.25) is 0 Å². The van der Waals surface area contributed by atoms with E-state index in [1.807, 2.05) is 0 Å². The van der Waals surface area contributed by atoms with Crippen molar-refractivity contribution in [2.75, 3.05) is 23.4 Å². The first-order chi connectivity index (χ1) is 8.01. The molecule has 1 aromatic rings. The Balaban J connectivity index is 2.48. The molecule has 0 aliphatic rings. The molecule has 1 rings (SSSR count). The number of anilines is 1. The number of rotatable bonds is 6. The van der Waals surface area contributed by atoms with Gasteiger partial charge in [0.15, 0.2) is 0 Å². The van der Waals surface area contributed by atoms with E-state index in [-0.39, 0.29) is 5.75 Å². The maximum atomic E-state index is 12.0. The number of hydrogen-bond donors (Lipinski definition) is 1. The van der Waals surface area contributed by atoms with Crippen LogP contribution in [0.15, 0.2) is 24.3 Å². The van der Waals surface area contributed by atoms with Gasteiger partial charge in [-0.05, 0) is 17.9 Å². The lowest BCUT2D eigenvalue weighted by Gasteiger charge is -2.11. The minimum absolute atomic E-state index is 0.203. The van der Waals surface area contributed by atoms with E-state index >= 15 is 0 Å². The minimum Gasteiger partial charge on any atom is -0.406 e. The van der Waals surface area contributed by atoms with Crippen LogP contribution in [0.3, 0.4) is 0 Å². The van der Waals surface area contributed by atoms with Gasteiger partial charge in [0, 0.05) is 24.1 Å². The Bertz CT molecular complexity index is 344. The molecule has 0 bridgehead atoms. The lowest BCUT2D eigenvalue weighted by atomic mass is 10.3. The Labute approximate surface area is 103 Å². The van der Waals surface area contributed by atoms with E-state index in [1.165, 1.54) is 18.2 Å². The second kappa shape index (κ2) is 6.64. The third-order valence-electron chi connectivity index (χ3n) is 1.85. The molecule has 0 fully saturated rings. The molecular weight excluding hydrogens is 251 g/mol. The maximum Gasteiger partial charge on any atom is 0.573 e. The largest absolute Gasteiger partial charge is 0.573 e. The molecule has 2 nitrogen and oxygen atoms in total. The van der Waals surface area contributed by atoms with E-state index in [0.717, 1.165) is 11.5 Å². The van der Waals surface area contributed by atoms with Crippen molar-refractivity contribution in [2.45, 2.75) is 13.3 Å². The molecule has 0 radical (unpaired) electrons. The molecule has 0 spiro atoms. The molecule has 96 valence electrons. The Morgan fingerprint density at radius 3 is 2.76 bits per heavy atom. The number of thioether (sulfide) groups is 1. The van der Waals surface area contributed by atoms with Crippen LogP contribution in [-0.2, 0) is 0 Å². The van der Waals surface area contributed by atoms with E-state index < -0.39 is 6.36 Å². The summed E-state index contributed by atoms with van der Waals surface area (Å²) in [7, 11) is 0. The van der Waals surface area contributed by atoms with Gasteiger partial charge in [-0.1, -0.05) is 13.0 Å². The summed E-state index contributed by atoms with van der Waals surface area (Å²) in [5, 5.41) is 3.04. The van der Waals surface area contributed by atoms with Gasteiger partial charge in [-0.3, -0.25) is 0 Å². The first-order valence-electron chi connectivity index (χ1n) is 5.18. The van der Waals surface area contributed by atoms with Crippen molar-refractivity contribution < 1.29 is 17.9 Å². The predicted molar refractivity (Wildman–Crippen MR) is 64.6 cm³/mol. The SMILES string of the molecule is CCSCCNc1cccc(OC(F)(F)F)c1. The van der Waals surface area contributed by atoms with Crippen molar-refractivity contribution in [2.24, 2.45) is 0 Å². The predicted octanol–water partition coefficient (Wildman–Crippen LogP) is 3.75. The van der Waals surface area contributed by atoms with Crippen LogP contribution in [0, 0.1) is 0 Å². The highest BCUT2D eigenvalue weighted by molar-refractivity contribution is 7.99. The highest BCUT2D eigenvalue weighted by Gasteiger charge is 2.31. The van der Waals surface area contributed by atoms with Gasteiger partial charge >= 0.3 is 6.36 Å². The molecule has 1 N–H and O–H groups in total. The summed E-state index contributed by atoms with van der Waals surface area (Å²) in [6.45, 7) is 2.77. The van der Waals surface area contributed by atoms with E-state index in [9.17, 15) is 13.2 Å². The number of nitrogens with one attached hydrogen (secondary N) is 1. The van der Waals surface area contributed by atoms with Crippen LogP contribution in [-0.4, -0.2) is 24.4 Å². The summed E-state index contributed by atoms with van der Waals surface area (Å²) in [5.74, 6) is 1.74. The van der Waals surface area contributed by atoms with Gasteiger partial charge in [0.25, 0.3) is 0 Å². The second-order valence-corrected chi connectivity index (χ2v) is 4.59. The molecule has 0 aliphatic heterocycles. The van der Waals surface area contributed by atoms with Crippen molar-refractivity contribution in [3.8, 4) is 5.75 Å². The molecule has 0 aromatic heterocycles. The maximum absolute atomic E-state index is 12.0. The molecule has 0 saturated carbocycles. The molecule has 6 heteroatoms. The Hall–Kier alpha value is -1.04. The lowest BCUT2D eigenvalue weighted by molar-refractivity contribution is -0.274. The number of ether oxygens (including phenoxy) is 1. The average Bonchev–Trinajstić information content (AvgIpc) is 2.23. The third-order valence-corrected chi connectivity index (χ3v) is 2.75. The fourth-order valence-electron chi connectivity index (χ4n) is 1.22. The van der Waals surface area contributed by atoms with Crippen LogP contribution in [0.4, 0.5) is 18.9 Å². The summed E-state index contributed by atoms with van der Waals surface area (Å²) < 4.78 is 39.8. The average molecular weight is 265 g/mol. The number of halogens is 3. The van der Waals surface area contributed by atoms with Gasteiger partial charge in [-0.25, -0.2) is 0 Å². The number of benzene rings is 1. The first-order valence-corrected chi connectivity index (χ1v) is 6.34. The van der Waals surface area contributed by atoms with Crippen LogP contribution in [0.25, 0.3) is 0 Å². The van der Waals surface area contributed by atoms with E-state index in [1.54, 1.807) is 17.8 Å². The smallest absolute Gasteiger partial charge is 0.406 e. The lowest BCUT2D eigenvalue weighted by Crippen LogP contribution is -2.17. The Morgan fingerprint density at radius 2 is 2.12 bits per heavy atom. The van der Waals surface area contributed by atoms with Crippen LogP contribution < -0.4 is 10.1 Å². The third kappa shape index (κ3) is 6.31. The molecule has 0 amide bonds. The van der Waals surface area contributed by atoms with E-state index in [2.05, 4.69) is 17.0 Å². The monoisotopic (exact) mass is 265 g/mol. The van der Waals surface area contributed by atoms with Crippen molar-refractivity contribution in [1.29, 1.82) is 0 Å².